The van der Waals surface area contributed by atoms with Crippen LogP contribution in [-0.2, 0) is 11.8 Å². The fourth-order valence-electron chi connectivity index (χ4n) is 1.80. The molecule has 0 aliphatic rings. The Morgan fingerprint density at radius 2 is 1.65 bits per heavy atom. The highest BCUT2D eigenvalue weighted by Crippen LogP contribution is 2.16. The molecule has 7 heteroatoms. The zero-order chi connectivity index (χ0) is 17.0. The molecule has 0 unspecified atom stereocenters. The number of hydrogen-bond donors (Lipinski definition) is 2. The van der Waals surface area contributed by atoms with Crippen LogP contribution in [0.5, 0.6) is 0 Å². The molecule has 1 aromatic carbocycles. The van der Waals surface area contributed by atoms with Gasteiger partial charge in [0.2, 0.25) is 0 Å². The smallest absolute Gasteiger partial charge is 0.412 e. The summed E-state index contributed by atoms with van der Waals surface area (Å²) in [5, 5.41) is 9.33. The maximum atomic E-state index is 12.0. The van der Waals surface area contributed by atoms with Gasteiger partial charge in [0.1, 0.15) is 5.60 Å². The van der Waals surface area contributed by atoms with Gasteiger partial charge in [-0.3, -0.25) is 14.8 Å². The maximum Gasteiger partial charge on any atom is 0.412 e. The summed E-state index contributed by atoms with van der Waals surface area (Å²) in [5.41, 5.74) is 1.12. The zero-order valence-corrected chi connectivity index (χ0v) is 13.6. The van der Waals surface area contributed by atoms with E-state index in [0.29, 0.717) is 16.9 Å². The van der Waals surface area contributed by atoms with Gasteiger partial charge in [0.05, 0.1) is 11.8 Å². The van der Waals surface area contributed by atoms with Crippen LogP contribution in [0.2, 0.25) is 0 Å². The third-order valence-corrected chi connectivity index (χ3v) is 2.76. The van der Waals surface area contributed by atoms with Crippen molar-refractivity contribution in [2.24, 2.45) is 7.05 Å². The van der Waals surface area contributed by atoms with E-state index in [0.717, 1.165) is 0 Å². The van der Waals surface area contributed by atoms with Gasteiger partial charge in [-0.05, 0) is 45.0 Å². The summed E-state index contributed by atoms with van der Waals surface area (Å²) in [6.07, 6.45) is 2.60. The van der Waals surface area contributed by atoms with Crippen LogP contribution < -0.4 is 10.6 Å². The summed E-state index contributed by atoms with van der Waals surface area (Å²) in [5.74, 6) is -0.244. The van der Waals surface area contributed by atoms with Crippen molar-refractivity contribution >= 4 is 23.4 Å². The Bertz CT molecular complexity index is 699. The van der Waals surface area contributed by atoms with E-state index in [-0.39, 0.29) is 5.91 Å². The SMILES string of the molecule is Cn1cc(C(=O)Nc2ccc(NC(=O)OC(C)(C)C)cc2)cn1. The van der Waals surface area contributed by atoms with Crippen molar-refractivity contribution in [2.75, 3.05) is 10.6 Å². The average Bonchev–Trinajstić information content (AvgIpc) is 2.85. The Kier molecular flexibility index (Phi) is 4.68. The normalized spacial score (nSPS) is 11.0. The molecule has 0 atom stereocenters. The number of benzene rings is 1. The number of carbonyl (C=O) groups excluding carboxylic acids is 2. The third-order valence-electron chi connectivity index (χ3n) is 2.76. The first-order valence-electron chi connectivity index (χ1n) is 7.13. The standard InChI is InChI=1S/C16H20N4O3/c1-16(2,3)23-15(22)19-13-7-5-12(6-8-13)18-14(21)11-9-17-20(4)10-11/h5-10H,1-4H3,(H,18,21)(H,19,22). The van der Waals surface area contributed by atoms with E-state index in [1.165, 1.54) is 6.20 Å². The van der Waals surface area contributed by atoms with E-state index in [9.17, 15) is 9.59 Å². The molecule has 0 radical (unpaired) electrons. The highest BCUT2D eigenvalue weighted by atomic mass is 16.6. The fraction of sp³-hybridized carbons (Fsp3) is 0.312. The Balaban J connectivity index is 1.94. The molecular formula is C16H20N4O3. The predicted octanol–water partition coefficient (Wildman–Crippen LogP) is 3.02. The van der Waals surface area contributed by atoms with Crippen molar-refractivity contribution in [1.82, 2.24) is 9.78 Å². The number of aromatic nitrogens is 2. The van der Waals surface area contributed by atoms with E-state index < -0.39 is 11.7 Å². The van der Waals surface area contributed by atoms with Crippen LogP contribution in [0.3, 0.4) is 0 Å². The average molecular weight is 316 g/mol. The lowest BCUT2D eigenvalue weighted by atomic mass is 10.2. The molecule has 122 valence electrons. The Hall–Kier alpha value is -2.83. The van der Waals surface area contributed by atoms with Crippen LogP contribution in [-0.4, -0.2) is 27.4 Å². The van der Waals surface area contributed by atoms with Crippen LogP contribution in [0.15, 0.2) is 36.7 Å². The van der Waals surface area contributed by atoms with Crippen molar-refractivity contribution in [2.45, 2.75) is 26.4 Å². The minimum absolute atomic E-state index is 0.244. The van der Waals surface area contributed by atoms with Crippen LogP contribution >= 0.6 is 0 Å². The van der Waals surface area contributed by atoms with E-state index in [4.69, 9.17) is 4.74 Å². The van der Waals surface area contributed by atoms with Gasteiger partial charge in [-0.1, -0.05) is 0 Å². The number of nitrogens with zero attached hydrogens (tertiary/aromatic N) is 2. The molecule has 2 N–H and O–H groups in total. The van der Waals surface area contributed by atoms with Crippen LogP contribution in [0.1, 0.15) is 31.1 Å². The lowest BCUT2D eigenvalue weighted by molar-refractivity contribution is 0.0635. The second-order valence-corrected chi connectivity index (χ2v) is 6.06. The van der Waals surface area contributed by atoms with Crippen LogP contribution in [0.25, 0.3) is 0 Å². The highest BCUT2D eigenvalue weighted by molar-refractivity contribution is 6.04. The van der Waals surface area contributed by atoms with E-state index in [2.05, 4.69) is 15.7 Å². The lowest BCUT2D eigenvalue weighted by Crippen LogP contribution is -2.27. The monoisotopic (exact) mass is 316 g/mol. The maximum absolute atomic E-state index is 12.0. The highest BCUT2D eigenvalue weighted by Gasteiger charge is 2.16. The van der Waals surface area contributed by atoms with Gasteiger partial charge in [-0.2, -0.15) is 5.10 Å². The number of hydrogen-bond acceptors (Lipinski definition) is 4. The number of rotatable bonds is 3. The van der Waals surface area contributed by atoms with Crippen molar-refractivity contribution < 1.29 is 14.3 Å². The molecule has 0 fully saturated rings. The molecule has 7 nitrogen and oxygen atoms in total. The molecule has 0 bridgehead atoms. The van der Waals surface area contributed by atoms with Gasteiger partial charge in [-0.15, -0.1) is 0 Å². The summed E-state index contributed by atoms with van der Waals surface area (Å²) in [6.45, 7) is 5.39. The quantitative estimate of drug-likeness (QED) is 0.911. The molecule has 2 amide bonds. The molecule has 2 aromatic rings. The number of amides is 2. The molecule has 0 aliphatic heterocycles. The predicted molar refractivity (Wildman–Crippen MR) is 87.5 cm³/mol. The minimum Gasteiger partial charge on any atom is -0.444 e. The number of carbonyl (C=O) groups is 2. The van der Waals surface area contributed by atoms with E-state index in [1.807, 2.05) is 0 Å². The fourth-order valence-corrected chi connectivity index (χ4v) is 1.80. The molecule has 0 saturated heterocycles. The van der Waals surface area contributed by atoms with Crippen molar-refractivity contribution in [3.8, 4) is 0 Å². The number of anilines is 2. The zero-order valence-electron chi connectivity index (χ0n) is 13.6. The molecular weight excluding hydrogens is 296 g/mol. The van der Waals surface area contributed by atoms with Crippen molar-refractivity contribution in [1.29, 1.82) is 0 Å². The number of aryl methyl sites for hydroxylation is 1. The van der Waals surface area contributed by atoms with Gasteiger partial charge in [0.15, 0.2) is 0 Å². The van der Waals surface area contributed by atoms with Crippen molar-refractivity contribution in [3.05, 3.63) is 42.2 Å². The van der Waals surface area contributed by atoms with Crippen molar-refractivity contribution in [3.63, 3.8) is 0 Å². The molecule has 0 spiro atoms. The summed E-state index contributed by atoms with van der Waals surface area (Å²) >= 11 is 0. The first-order chi connectivity index (χ1) is 10.7. The molecule has 0 aliphatic carbocycles. The Morgan fingerprint density at radius 3 is 2.13 bits per heavy atom. The summed E-state index contributed by atoms with van der Waals surface area (Å²) < 4.78 is 6.73. The van der Waals surface area contributed by atoms with Gasteiger partial charge in [0.25, 0.3) is 5.91 Å². The first kappa shape index (κ1) is 16.5. The minimum atomic E-state index is -0.554. The third kappa shape index (κ3) is 5.14. The summed E-state index contributed by atoms with van der Waals surface area (Å²) in [7, 11) is 1.74. The topological polar surface area (TPSA) is 85.2 Å². The molecule has 0 saturated carbocycles. The summed E-state index contributed by atoms with van der Waals surface area (Å²) in [6, 6.07) is 6.76. The molecule has 2 rings (SSSR count). The molecule has 23 heavy (non-hydrogen) atoms. The Labute approximate surface area is 134 Å². The molecule has 1 aromatic heterocycles. The van der Waals surface area contributed by atoms with Crippen LogP contribution in [0.4, 0.5) is 16.2 Å². The lowest BCUT2D eigenvalue weighted by Gasteiger charge is -2.19. The van der Waals surface area contributed by atoms with E-state index in [1.54, 1.807) is 63.0 Å². The van der Waals surface area contributed by atoms with Gasteiger partial charge < -0.3 is 10.1 Å². The number of ether oxygens (including phenoxy) is 1. The van der Waals surface area contributed by atoms with Gasteiger partial charge in [0, 0.05) is 24.6 Å². The largest absolute Gasteiger partial charge is 0.444 e. The first-order valence-corrected chi connectivity index (χ1v) is 7.13. The van der Waals surface area contributed by atoms with Gasteiger partial charge >= 0.3 is 6.09 Å². The van der Waals surface area contributed by atoms with E-state index >= 15 is 0 Å². The Morgan fingerprint density at radius 1 is 1.09 bits per heavy atom. The second kappa shape index (κ2) is 6.51. The van der Waals surface area contributed by atoms with Gasteiger partial charge in [-0.25, -0.2) is 4.79 Å². The molecule has 1 heterocycles. The van der Waals surface area contributed by atoms with Crippen LogP contribution in [0, 0.1) is 0 Å². The number of nitrogens with one attached hydrogen (secondary N) is 2. The summed E-state index contributed by atoms with van der Waals surface area (Å²) in [4.78, 5) is 23.7. The second-order valence-electron chi connectivity index (χ2n) is 6.06.